The van der Waals surface area contributed by atoms with Crippen molar-refractivity contribution in [3.05, 3.63) is 0 Å². The lowest BCUT2D eigenvalue weighted by atomic mass is 9.58. The second kappa shape index (κ2) is 4.42. The molecule has 0 aromatic rings. The summed E-state index contributed by atoms with van der Waals surface area (Å²) < 4.78 is 5.04. The van der Waals surface area contributed by atoms with Crippen LogP contribution in [0, 0.1) is 5.41 Å². The number of ether oxygens (including phenoxy) is 1. The van der Waals surface area contributed by atoms with Crippen LogP contribution in [0.25, 0.3) is 0 Å². The van der Waals surface area contributed by atoms with E-state index in [0.717, 1.165) is 0 Å². The van der Waals surface area contributed by atoms with Gasteiger partial charge in [0.1, 0.15) is 5.60 Å². The maximum absolute atomic E-state index is 12.3. The summed E-state index contributed by atoms with van der Waals surface area (Å²) in [5.74, 6) is -0.00590. The van der Waals surface area contributed by atoms with Crippen LogP contribution in [-0.2, 0) is 14.4 Å². The summed E-state index contributed by atoms with van der Waals surface area (Å²) in [4.78, 5) is 27.9. The third-order valence-electron chi connectivity index (χ3n) is 4.49. The summed E-state index contributed by atoms with van der Waals surface area (Å²) in [5, 5.41) is 10.0. The molecule has 0 aromatic carbocycles. The second-order valence-electron chi connectivity index (χ2n) is 5.32. The molecule has 1 N–H and O–H groups in total. The fraction of sp³-hybridized carbons (Fsp3) is 0.833. The Balaban J connectivity index is 2.07. The minimum Gasteiger partial charge on any atom is -0.450 e. The Kier molecular flexibility index (Phi) is 3.23. The van der Waals surface area contributed by atoms with Gasteiger partial charge in [0.2, 0.25) is 0 Å². The van der Waals surface area contributed by atoms with Crippen LogP contribution in [0.3, 0.4) is 0 Å². The van der Waals surface area contributed by atoms with Crippen molar-refractivity contribution in [3.63, 3.8) is 0 Å². The van der Waals surface area contributed by atoms with Crippen molar-refractivity contribution in [2.75, 3.05) is 14.2 Å². The van der Waals surface area contributed by atoms with Crippen LogP contribution in [0.15, 0.2) is 0 Å². The van der Waals surface area contributed by atoms with Gasteiger partial charge in [-0.05, 0) is 38.5 Å². The highest BCUT2D eigenvalue weighted by molar-refractivity contribution is 5.82. The molecule has 3 aliphatic rings. The van der Waals surface area contributed by atoms with Gasteiger partial charge in [0, 0.05) is 7.05 Å². The smallest absolute Gasteiger partial charge is 0.450 e. The molecule has 3 aliphatic carbocycles. The Labute approximate surface area is 106 Å². The number of hydrogen-bond donors (Lipinski definition) is 1. The molecule has 102 valence electrons. The zero-order valence-corrected chi connectivity index (χ0v) is 10.8. The lowest BCUT2D eigenvalue weighted by Gasteiger charge is -2.51. The normalized spacial score (nSPS) is 34.1. The number of carbonyl (C=O) groups is 2. The van der Waals surface area contributed by atoms with Crippen molar-refractivity contribution in [2.45, 2.75) is 44.1 Å². The van der Waals surface area contributed by atoms with Crippen LogP contribution >= 0.6 is 0 Å². The third-order valence-corrected chi connectivity index (χ3v) is 4.49. The van der Waals surface area contributed by atoms with E-state index >= 15 is 0 Å². The molecule has 1 amide bonds. The van der Waals surface area contributed by atoms with E-state index in [2.05, 4.69) is 0 Å². The Morgan fingerprint density at radius 3 is 2.00 bits per heavy atom. The van der Waals surface area contributed by atoms with Crippen molar-refractivity contribution in [3.8, 4) is 0 Å². The highest BCUT2D eigenvalue weighted by atomic mass is 16.7. The number of fused-ring (bicyclic) bond motifs is 3. The molecule has 0 spiro atoms. The van der Waals surface area contributed by atoms with Crippen molar-refractivity contribution < 1.29 is 24.3 Å². The molecular formula is C12H19NO5. The number of rotatable bonds is 3. The number of hydrogen-bond acceptors (Lipinski definition) is 4. The zero-order chi connectivity index (χ0) is 13.4. The molecule has 0 atom stereocenters. The van der Waals surface area contributed by atoms with Crippen LogP contribution in [-0.4, -0.2) is 42.0 Å². The molecule has 3 fully saturated rings. The molecule has 2 bridgehead atoms. The average Bonchev–Trinajstić information content (AvgIpc) is 2.38. The Morgan fingerprint density at radius 2 is 1.61 bits per heavy atom. The summed E-state index contributed by atoms with van der Waals surface area (Å²) in [6.45, 7) is 0. The molecule has 0 unspecified atom stereocenters. The molecule has 0 saturated heterocycles. The van der Waals surface area contributed by atoms with Gasteiger partial charge in [-0.25, -0.2) is 9.86 Å². The predicted molar refractivity (Wildman–Crippen MR) is 61.8 cm³/mol. The monoisotopic (exact) mass is 257 g/mol. The minimum atomic E-state index is -1.22. The summed E-state index contributed by atoms with van der Waals surface area (Å²) in [6.07, 6.45) is 2.69. The van der Waals surface area contributed by atoms with Gasteiger partial charge in [-0.15, -0.1) is 0 Å². The molecular weight excluding hydrogens is 238 g/mol. The van der Waals surface area contributed by atoms with Crippen molar-refractivity contribution >= 4 is 12.1 Å². The van der Waals surface area contributed by atoms with Gasteiger partial charge < -0.3 is 9.84 Å². The first-order valence-corrected chi connectivity index (χ1v) is 6.17. The Hall–Kier alpha value is -1.30. The summed E-state index contributed by atoms with van der Waals surface area (Å²) in [6, 6.07) is 0. The van der Waals surface area contributed by atoms with E-state index in [4.69, 9.17) is 14.7 Å². The first-order valence-electron chi connectivity index (χ1n) is 6.17. The van der Waals surface area contributed by atoms with E-state index in [1.54, 1.807) is 7.05 Å². The largest absolute Gasteiger partial charge is 0.506 e. The zero-order valence-electron chi connectivity index (χ0n) is 10.8. The lowest BCUT2D eigenvalue weighted by Crippen LogP contribution is -2.54. The van der Waals surface area contributed by atoms with E-state index in [1.807, 2.05) is 0 Å². The molecule has 0 aromatic heterocycles. The van der Waals surface area contributed by atoms with Gasteiger partial charge >= 0.3 is 6.16 Å². The van der Waals surface area contributed by atoms with Crippen LogP contribution in [0.4, 0.5) is 4.79 Å². The summed E-state index contributed by atoms with van der Waals surface area (Å²) in [5.41, 5.74) is -0.937. The van der Waals surface area contributed by atoms with Gasteiger partial charge in [0.25, 0.3) is 5.91 Å². The van der Waals surface area contributed by atoms with Crippen LogP contribution < -0.4 is 0 Å². The molecule has 0 aliphatic heterocycles. The van der Waals surface area contributed by atoms with Crippen molar-refractivity contribution in [1.29, 1.82) is 0 Å². The fourth-order valence-electron chi connectivity index (χ4n) is 3.23. The molecule has 18 heavy (non-hydrogen) atoms. The van der Waals surface area contributed by atoms with Gasteiger partial charge in [-0.1, -0.05) is 0 Å². The molecule has 3 rings (SSSR count). The van der Waals surface area contributed by atoms with Crippen molar-refractivity contribution in [2.24, 2.45) is 5.41 Å². The van der Waals surface area contributed by atoms with Crippen LogP contribution in [0.5, 0.6) is 0 Å². The molecule has 0 radical (unpaired) electrons. The van der Waals surface area contributed by atoms with E-state index in [1.165, 1.54) is 12.2 Å². The number of nitrogens with zero attached hydrogens (tertiary/aromatic N) is 1. The average molecular weight is 257 g/mol. The van der Waals surface area contributed by atoms with Crippen molar-refractivity contribution in [1.82, 2.24) is 5.06 Å². The second-order valence-corrected chi connectivity index (χ2v) is 5.32. The molecule has 0 heterocycles. The number of hydroxylamine groups is 2. The summed E-state index contributed by atoms with van der Waals surface area (Å²) >= 11 is 0. The quantitative estimate of drug-likeness (QED) is 0.616. The van der Waals surface area contributed by atoms with Gasteiger partial charge in [-0.2, -0.15) is 0 Å². The van der Waals surface area contributed by atoms with Crippen LogP contribution in [0.1, 0.15) is 38.5 Å². The molecule has 6 heteroatoms. The third kappa shape index (κ3) is 2.05. The SMILES string of the molecule is CON(C)C(=O)C12CCC(OC(=O)O)(CC1)CC2. The number of carboxylic acid groups (broad SMARTS) is 1. The van der Waals surface area contributed by atoms with E-state index in [-0.39, 0.29) is 11.3 Å². The first-order chi connectivity index (χ1) is 8.43. The van der Waals surface area contributed by atoms with E-state index < -0.39 is 11.8 Å². The Bertz CT molecular complexity index is 343. The van der Waals surface area contributed by atoms with E-state index in [9.17, 15) is 9.59 Å². The van der Waals surface area contributed by atoms with Crippen LogP contribution in [0.2, 0.25) is 0 Å². The lowest BCUT2D eigenvalue weighted by molar-refractivity contribution is -0.193. The van der Waals surface area contributed by atoms with Gasteiger partial charge in [-0.3, -0.25) is 9.63 Å². The highest BCUT2D eigenvalue weighted by Crippen LogP contribution is 2.54. The maximum atomic E-state index is 12.3. The highest BCUT2D eigenvalue weighted by Gasteiger charge is 2.55. The predicted octanol–water partition coefficient (Wildman–Crippen LogP) is 1.79. The maximum Gasteiger partial charge on any atom is 0.506 e. The topological polar surface area (TPSA) is 76.1 Å². The standard InChI is InChI=1S/C12H19NO5/c1-13(17-2)9(14)11-3-6-12(7-4-11,8-5-11)18-10(15)16/h3-8H2,1-2H3,(H,15,16). The van der Waals surface area contributed by atoms with E-state index in [0.29, 0.717) is 38.5 Å². The Morgan fingerprint density at radius 1 is 1.11 bits per heavy atom. The fourth-order valence-corrected chi connectivity index (χ4v) is 3.23. The van der Waals surface area contributed by atoms with Gasteiger partial charge in [0.05, 0.1) is 12.5 Å². The molecule has 3 saturated carbocycles. The molecule has 6 nitrogen and oxygen atoms in total. The number of carbonyl (C=O) groups excluding carboxylic acids is 1. The first kappa shape index (κ1) is 13.1. The number of amides is 1. The summed E-state index contributed by atoms with van der Waals surface area (Å²) in [7, 11) is 3.08. The minimum absolute atomic E-state index is 0.00590. The van der Waals surface area contributed by atoms with Gasteiger partial charge in [0.15, 0.2) is 0 Å².